The Labute approximate surface area is 173 Å². The van der Waals surface area contributed by atoms with Gasteiger partial charge in [0.05, 0.1) is 17.2 Å². The number of rotatable bonds is 7. The fourth-order valence-corrected chi connectivity index (χ4v) is 4.04. The molecule has 156 valence electrons. The van der Waals surface area contributed by atoms with Crippen molar-refractivity contribution in [2.24, 2.45) is 11.8 Å². The van der Waals surface area contributed by atoms with Gasteiger partial charge in [0.2, 0.25) is 0 Å². The monoisotopic (exact) mass is 408 g/mol. The molecule has 2 N–H and O–H groups in total. The maximum atomic E-state index is 12.7. The fraction of sp³-hybridized carbons (Fsp3) is 0.364. The molecule has 4 rings (SSSR count). The SMILES string of the molecule is O=C(O)C[C@@H]1CCN(C(=O)COc2ccccc2)C[C@@H]1Cc1nc2ccncc2[nH]1. The molecule has 2 atom stereocenters. The molecule has 1 aliphatic rings. The molecule has 1 saturated heterocycles. The van der Waals surface area contributed by atoms with Gasteiger partial charge in [-0.15, -0.1) is 0 Å². The van der Waals surface area contributed by atoms with Crippen molar-refractivity contribution in [3.8, 4) is 5.75 Å². The van der Waals surface area contributed by atoms with Crippen molar-refractivity contribution >= 4 is 22.9 Å². The largest absolute Gasteiger partial charge is 0.484 e. The number of likely N-dealkylation sites (tertiary alicyclic amines) is 1. The summed E-state index contributed by atoms with van der Waals surface area (Å²) < 4.78 is 5.60. The van der Waals surface area contributed by atoms with Crippen LogP contribution in [0.3, 0.4) is 0 Å². The Hall–Kier alpha value is -3.42. The van der Waals surface area contributed by atoms with Crippen LogP contribution >= 0.6 is 0 Å². The van der Waals surface area contributed by atoms with Gasteiger partial charge in [-0.2, -0.15) is 0 Å². The third-order valence-corrected chi connectivity index (χ3v) is 5.57. The van der Waals surface area contributed by atoms with Crippen molar-refractivity contribution in [3.05, 3.63) is 54.6 Å². The van der Waals surface area contributed by atoms with Gasteiger partial charge < -0.3 is 19.7 Å². The van der Waals surface area contributed by atoms with E-state index >= 15 is 0 Å². The number of hydrogen-bond donors (Lipinski definition) is 2. The number of ether oxygens (including phenoxy) is 1. The van der Waals surface area contributed by atoms with Crippen molar-refractivity contribution < 1.29 is 19.4 Å². The van der Waals surface area contributed by atoms with Gasteiger partial charge in [-0.05, 0) is 36.5 Å². The highest BCUT2D eigenvalue weighted by molar-refractivity contribution is 5.78. The number of carboxylic acids is 1. The molecule has 8 heteroatoms. The molecular weight excluding hydrogens is 384 g/mol. The van der Waals surface area contributed by atoms with Gasteiger partial charge in [0.1, 0.15) is 11.6 Å². The lowest BCUT2D eigenvalue weighted by atomic mass is 9.81. The number of carboxylic acid groups (broad SMARTS) is 1. The zero-order valence-corrected chi connectivity index (χ0v) is 16.5. The first kappa shape index (κ1) is 19.9. The number of pyridine rings is 1. The summed E-state index contributed by atoms with van der Waals surface area (Å²) in [6.45, 7) is 0.996. The quantitative estimate of drug-likeness (QED) is 0.622. The number of nitrogens with zero attached hydrogens (tertiary/aromatic N) is 3. The number of fused-ring (bicyclic) bond motifs is 1. The van der Waals surface area contributed by atoms with Gasteiger partial charge in [0.25, 0.3) is 5.91 Å². The van der Waals surface area contributed by atoms with Gasteiger partial charge in [-0.25, -0.2) is 4.98 Å². The van der Waals surface area contributed by atoms with E-state index < -0.39 is 5.97 Å². The third kappa shape index (κ3) is 4.76. The van der Waals surface area contributed by atoms with Crippen LogP contribution in [-0.4, -0.2) is 56.5 Å². The summed E-state index contributed by atoms with van der Waals surface area (Å²) >= 11 is 0. The number of nitrogens with one attached hydrogen (secondary N) is 1. The predicted octanol–water partition coefficient (Wildman–Crippen LogP) is 2.52. The van der Waals surface area contributed by atoms with Crippen molar-refractivity contribution in [1.29, 1.82) is 0 Å². The second-order valence-electron chi connectivity index (χ2n) is 7.63. The van der Waals surface area contributed by atoms with E-state index in [4.69, 9.17) is 4.74 Å². The van der Waals surface area contributed by atoms with Crippen molar-refractivity contribution in [2.75, 3.05) is 19.7 Å². The van der Waals surface area contributed by atoms with E-state index in [-0.39, 0.29) is 30.8 Å². The first-order chi connectivity index (χ1) is 14.6. The summed E-state index contributed by atoms with van der Waals surface area (Å²) in [4.78, 5) is 37.8. The molecule has 8 nitrogen and oxygen atoms in total. The number of hydrogen-bond acceptors (Lipinski definition) is 5. The molecule has 1 fully saturated rings. The Morgan fingerprint density at radius 1 is 1.20 bits per heavy atom. The number of benzene rings is 1. The lowest BCUT2D eigenvalue weighted by Crippen LogP contribution is -2.46. The lowest BCUT2D eigenvalue weighted by molar-refractivity contribution is -0.140. The van der Waals surface area contributed by atoms with Gasteiger partial charge in [-0.1, -0.05) is 18.2 Å². The summed E-state index contributed by atoms with van der Waals surface area (Å²) in [5.74, 6) is 0.529. The molecule has 1 aromatic carbocycles. The van der Waals surface area contributed by atoms with Crippen molar-refractivity contribution in [3.63, 3.8) is 0 Å². The van der Waals surface area contributed by atoms with E-state index in [0.29, 0.717) is 31.7 Å². The Bertz CT molecular complexity index is 987. The molecule has 3 heterocycles. The summed E-state index contributed by atoms with van der Waals surface area (Å²) in [6, 6.07) is 11.1. The number of aliphatic carboxylic acids is 1. The predicted molar refractivity (Wildman–Crippen MR) is 110 cm³/mol. The topological polar surface area (TPSA) is 108 Å². The van der Waals surface area contributed by atoms with Crippen LogP contribution in [0.1, 0.15) is 18.7 Å². The van der Waals surface area contributed by atoms with Crippen LogP contribution in [-0.2, 0) is 16.0 Å². The normalized spacial score (nSPS) is 19.0. The number of para-hydroxylation sites is 1. The van der Waals surface area contributed by atoms with E-state index in [1.54, 1.807) is 17.3 Å². The Kier molecular flexibility index (Phi) is 5.92. The highest BCUT2D eigenvalue weighted by Crippen LogP contribution is 2.29. The van der Waals surface area contributed by atoms with E-state index in [2.05, 4.69) is 15.0 Å². The second-order valence-corrected chi connectivity index (χ2v) is 7.63. The highest BCUT2D eigenvalue weighted by atomic mass is 16.5. The van der Waals surface area contributed by atoms with Gasteiger partial charge in [0, 0.05) is 32.1 Å². The number of piperidine rings is 1. The average Bonchev–Trinajstić information content (AvgIpc) is 3.16. The van der Waals surface area contributed by atoms with Crippen LogP contribution in [0.15, 0.2) is 48.8 Å². The number of aromatic nitrogens is 3. The highest BCUT2D eigenvalue weighted by Gasteiger charge is 2.33. The van der Waals surface area contributed by atoms with Gasteiger partial charge in [0.15, 0.2) is 6.61 Å². The van der Waals surface area contributed by atoms with Gasteiger partial charge in [-0.3, -0.25) is 14.6 Å². The smallest absolute Gasteiger partial charge is 0.303 e. The molecule has 0 aliphatic carbocycles. The number of carbonyl (C=O) groups is 2. The molecule has 0 unspecified atom stereocenters. The molecule has 0 spiro atoms. The minimum Gasteiger partial charge on any atom is -0.484 e. The van der Waals surface area contributed by atoms with Crippen LogP contribution < -0.4 is 4.74 Å². The number of aromatic amines is 1. The molecule has 0 bridgehead atoms. The van der Waals surface area contributed by atoms with Crippen LogP contribution in [0.25, 0.3) is 11.0 Å². The first-order valence-electron chi connectivity index (χ1n) is 10.0. The van der Waals surface area contributed by atoms with Gasteiger partial charge >= 0.3 is 5.97 Å². The number of imidazole rings is 1. The standard InChI is InChI=1S/C22H24N4O4/c27-21(14-30-17-4-2-1-3-5-17)26-9-7-15(11-22(28)29)16(13-26)10-20-24-18-6-8-23-12-19(18)25-20/h1-6,8,12,15-16H,7,9-11,13-14H2,(H,24,25)(H,28,29)/t15-,16-/m0/s1. The summed E-state index contributed by atoms with van der Waals surface area (Å²) in [6.07, 6.45) is 4.73. The van der Waals surface area contributed by atoms with Crippen molar-refractivity contribution in [1.82, 2.24) is 19.9 Å². The minimum absolute atomic E-state index is 0.00375. The number of H-pyrrole nitrogens is 1. The Balaban J connectivity index is 1.43. The molecule has 1 amide bonds. The van der Waals surface area contributed by atoms with Crippen molar-refractivity contribution in [2.45, 2.75) is 19.3 Å². The third-order valence-electron chi connectivity index (χ3n) is 5.57. The molecule has 1 aliphatic heterocycles. The number of amides is 1. The molecule has 2 aromatic heterocycles. The van der Waals surface area contributed by atoms with E-state index in [1.165, 1.54) is 0 Å². The van der Waals surface area contributed by atoms with E-state index in [9.17, 15) is 14.7 Å². The molecule has 0 saturated carbocycles. The van der Waals surface area contributed by atoms with E-state index in [0.717, 1.165) is 16.9 Å². The average molecular weight is 408 g/mol. The lowest BCUT2D eigenvalue weighted by Gasteiger charge is -2.38. The van der Waals surface area contributed by atoms with E-state index in [1.807, 2.05) is 36.4 Å². The maximum Gasteiger partial charge on any atom is 0.303 e. The molecule has 0 radical (unpaired) electrons. The molecule has 3 aromatic rings. The second kappa shape index (κ2) is 8.94. The summed E-state index contributed by atoms with van der Waals surface area (Å²) in [7, 11) is 0. The maximum absolute atomic E-state index is 12.7. The minimum atomic E-state index is -0.814. The summed E-state index contributed by atoms with van der Waals surface area (Å²) in [5, 5.41) is 9.32. The zero-order valence-electron chi connectivity index (χ0n) is 16.5. The Morgan fingerprint density at radius 3 is 2.80 bits per heavy atom. The number of carbonyl (C=O) groups excluding carboxylic acids is 1. The fourth-order valence-electron chi connectivity index (χ4n) is 4.04. The Morgan fingerprint density at radius 2 is 2.03 bits per heavy atom. The zero-order chi connectivity index (χ0) is 20.9. The van der Waals surface area contributed by atoms with Crippen LogP contribution in [0.2, 0.25) is 0 Å². The van der Waals surface area contributed by atoms with Crippen LogP contribution in [0.4, 0.5) is 0 Å². The molecular formula is C22H24N4O4. The summed E-state index contributed by atoms with van der Waals surface area (Å²) in [5.41, 5.74) is 1.68. The van der Waals surface area contributed by atoms with Crippen LogP contribution in [0.5, 0.6) is 5.75 Å². The molecule has 30 heavy (non-hydrogen) atoms. The van der Waals surface area contributed by atoms with Crippen LogP contribution in [0, 0.1) is 11.8 Å². The first-order valence-corrected chi connectivity index (χ1v) is 10.0.